The number of sulfonamides is 1. The van der Waals surface area contributed by atoms with Gasteiger partial charge in [0.05, 0.1) is 17.5 Å². The van der Waals surface area contributed by atoms with Crippen LogP contribution < -0.4 is 4.31 Å². The number of anilines is 1. The smallest absolute Gasteiger partial charge is 0.234 e. The minimum absolute atomic E-state index is 0.0802. The van der Waals surface area contributed by atoms with E-state index in [-0.39, 0.29) is 11.2 Å². The van der Waals surface area contributed by atoms with Crippen LogP contribution in [-0.4, -0.2) is 20.7 Å². The summed E-state index contributed by atoms with van der Waals surface area (Å²) in [6.07, 6.45) is 1.07. The first-order chi connectivity index (χ1) is 9.34. The van der Waals surface area contributed by atoms with Gasteiger partial charge in [0, 0.05) is 22.9 Å². The van der Waals surface area contributed by atoms with Gasteiger partial charge in [0.2, 0.25) is 10.0 Å². The molecule has 0 spiro atoms. The summed E-state index contributed by atoms with van der Waals surface area (Å²) in [4.78, 5) is 0. The molecule has 2 rings (SSSR count). The molecule has 1 heterocycles. The van der Waals surface area contributed by atoms with Crippen molar-refractivity contribution >= 4 is 31.6 Å². The van der Waals surface area contributed by atoms with Crippen LogP contribution in [0, 0.1) is 11.3 Å². The molecule has 0 N–H and O–H groups in total. The summed E-state index contributed by atoms with van der Waals surface area (Å²) >= 11 is 3.44. The summed E-state index contributed by atoms with van der Waals surface area (Å²) in [6.45, 7) is 4.09. The van der Waals surface area contributed by atoms with Crippen LogP contribution >= 0.6 is 15.9 Å². The largest absolute Gasteiger partial charge is 0.269 e. The molecule has 0 aliphatic carbocycles. The molecule has 1 aliphatic rings. The zero-order valence-corrected chi connectivity index (χ0v) is 14.0. The number of rotatable bonds is 4. The second-order valence-corrected chi connectivity index (χ2v) is 8.39. The Morgan fingerprint density at radius 2 is 2.20 bits per heavy atom. The Bertz CT molecular complexity index is 666. The third-order valence-corrected chi connectivity index (χ3v) is 6.08. The maximum Gasteiger partial charge on any atom is 0.234 e. The lowest BCUT2D eigenvalue weighted by Gasteiger charge is -2.25. The van der Waals surface area contributed by atoms with Crippen molar-refractivity contribution in [2.24, 2.45) is 0 Å². The van der Waals surface area contributed by atoms with E-state index >= 15 is 0 Å². The standard InChI is InChI=1S/C14H17BrN2O2S/c1-3-20(18,19)17-10-14(2,7-4-8-16)12-9-11(15)5-6-13(12)17/h5-6,9H,3-4,7,10H2,1-2H3. The number of halogens is 1. The highest BCUT2D eigenvalue weighted by molar-refractivity contribution is 9.10. The molecule has 4 nitrogen and oxygen atoms in total. The summed E-state index contributed by atoms with van der Waals surface area (Å²) < 4.78 is 26.9. The number of nitriles is 1. The van der Waals surface area contributed by atoms with Crippen molar-refractivity contribution in [2.45, 2.75) is 32.1 Å². The van der Waals surface area contributed by atoms with Crippen LogP contribution in [0.2, 0.25) is 0 Å². The van der Waals surface area contributed by atoms with Crippen molar-refractivity contribution < 1.29 is 8.42 Å². The van der Waals surface area contributed by atoms with Crippen LogP contribution in [0.5, 0.6) is 0 Å². The van der Waals surface area contributed by atoms with E-state index < -0.39 is 10.0 Å². The van der Waals surface area contributed by atoms with Crippen molar-refractivity contribution in [1.82, 2.24) is 0 Å². The Morgan fingerprint density at radius 3 is 2.80 bits per heavy atom. The van der Waals surface area contributed by atoms with Crippen molar-refractivity contribution in [3.63, 3.8) is 0 Å². The Balaban J connectivity index is 2.54. The lowest BCUT2D eigenvalue weighted by atomic mass is 9.80. The highest BCUT2D eigenvalue weighted by atomic mass is 79.9. The average molecular weight is 357 g/mol. The average Bonchev–Trinajstić information content (AvgIpc) is 2.71. The van der Waals surface area contributed by atoms with Gasteiger partial charge >= 0.3 is 0 Å². The quantitative estimate of drug-likeness (QED) is 0.832. The second kappa shape index (κ2) is 5.38. The fourth-order valence-electron chi connectivity index (χ4n) is 2.65. The third kappa shape index (κ3) is 2.57. The van der Waals surface area contributed by atoms with Gasteiger partial charge in [-0.25, -0.2) is 8.42 Å². The van der Waals surface area contributed by atoms with Crippen LogP contribution in [-0.2, 0) is 15.4 Å². The molecule has 20 heavy (non-hydrogen) atoms. The van der Waals surface area contributed by atoms with Crippen molar-refractivity contribution in [2.75, 3.05) is 16.6 Å². The molecular formula is C14H17BrN2O2S. The van der Waals surface area contributed by atoms with E-state index in [4.69, 9.17) is 5.26 Å². The SMILES string of the molecule is CCS(=O)(=O)N1CC(C)(CCC#N)c2cc(Br)ccc21. The van der Waals surface area contributed by atoms with E-state index in [2.05, 4.69) is 22.0 Å². The van der Waals surface area contributed by atoms with Gasteiger partial charge in [-0.15, -0.1) is 0 Å². The van der Waals surface area contributed by atoms with Crippen molar-refractivity contribution in [1.29, 1.82) is 5.26 Å². The van der Waals surface area contributed by atoms with Gasteiger partial charge in [-0.05, 0) is 37.1 Å². The molecule has 1 aromatic carbocycles. The predicted molar refractivity (Wildman–Crippen MR) is 83.1 cm³/mol. The van der Waals surface area contributed by atoms with Crippen LogP contribution in [0.4, 0.5) is 5.69 Å². The molecular weight excluding hydrogens is 340 g/mol. The molecule has 1 aromatic rings. The molecule has 0 bridgehead atoms. The number of benzene rings is 1. The Kier molecular flexibility index (Phi) is 4.12. The highest BCUT2D eigenvalue weighted by Crippen LogP contribution is 2.45. The van der Waals surface area contributed by atoms with Crippen LogP contribution in [0.1, 0.15) is 32.3 Å². The van der Waals surface area contributed by atoms with Crippen molar-refractivity contribution in [3.8, 4) is 6.07 Å². The van der Waals surface area contributed by atoms with Gasteiger partial charge in [-0.1, -0.05) is 22.9 Å². The molecule has 0 saturated heterocycles. The van der Waals surface area contributed by atoms with Gasteiger partial charge in [-0.2, -0.15) is 5.26 Å². The summed E-state index contributed by atoms with van der Waals surface area (Å²) in [7, 11) is -3.29. The van der Waals surface area contributed by atoms with Gasteiger partial charge in [-0.3, -0.25) is 4.31 Å². The highest BCUT2D eigenvalue weighted by Gasteiger charge is 2.42. The Hall–Kier alpha value is -1.06. The van der Waals surface area contributed by atoms with Crippen LogP contribution in [0.25, 0.3) is 0 Å². The first-order valence-corrected chi connectivity index (χ1v) is 8.91. The molecule has 6 heteroatoms. The number of fused-ring (bicyclic) bond motifs is 1. The van der Waals surface area contributed by atoms with Gasteiger partial charge in [0.25, 0.3) is 0 Å². The van der Waals surface area contributed by atoms with Gasteiger partial charge < -0.3 is 0 Å². The fraction of sp³-hybridized carbons (Fsp3) is 0.500. The topological polar surface area (TPSA) is 61.2 Å². The van der Waals surface area contributed by atoms with E-state index in [0.717, 1.165) is 15.7 Å². The van der Waals surface area contributed by atoms with E-state index in [9.17, 15) is 8.42 Å². The molecule has 108 valence electrons. The lowest BCUT2D eigenvalue weighted by molar-refractivity contribution is 0.474. The summed E-state index contributed by atoms with van der Waals surface area (Å²) in [6, 6.07) is 7.81. The third-order valence-electron chi connectivity index (χ3n) is 3.86. The first-order valence-electron chi connectivity index (χ1n) is 6.51. The van der Waals surface area contributed by atoms with Crippen LogP contribution in [0.3, 0.4) is 0 Å². The maximum atomic E-state index is 12.3. The van der Waals surface area contributed by atoms with E-state index in [1.165, 1.54) is 4.31 Å². The number of hydrogen-bond donors (Lipinski definition) is 0. The molecule has 0 aromatic heterocycles. The van der Waals surface area contributed by atoms with E-state index in [1.54, 1.807) is 6.92 Å². The summed E-state index contributed by atoms with van der Waals surface area (Å²) in [5.41, 5.74) is 1.44. The molecule has 1 atom stereocenters. The van der Waals surface area contributed by atoms with Crippen LogP contribution in [0.15, 0.2) is 22.7 Å². The predicted octanol–water partition coefficient (Wildman–Crippen LogP) is 3.18. The minimum Gasteiger partial charge on any atom is -0.269 e. The monoisotopic (exact) mass is 356 g/mol. The Morgan fingerprint density at radius 1 is 1.50 bits per heavy atom. The normalized spacial score (nSPS) is 21.6. The molecule has 0 saturated carbocycles. The van der Waals surface area contributed by atoms with E-state index in [0.29, 0.717) is 19.4 Å². The zero-order chi connectivity index (χ0) is 15.0. The fourth-order valence-corrected chi connectivity index (χ4v) is 4.26. The molecule has 0 amide bonds. The Labute approximate surface area is 128 Å². The molecule has 1 aliphatic heterocycles. The van der Waals surface area contributed by atoms with Gasteiger partial charge in [0.15, 0.2) is 0 Å². The van der Waals surface area contributed by atoms with E-state index in [1.807, 2.05) is 25.1 Å². The molecule has 1 unspecified atom stereocenters. The zero-order valence-electron chi connectivity index (χ0n) is 11.6. The summed E-state index contributed by atoms with van der Waals surface area (Å²) in [5, 5.41) is 8.82. The second-order valence-electron chi connectivity index (χ2n) is 5.29. The van der Waals surface area contributed by atoms with Gasteiger partial charge in [0.1, 0.15) is 0 Å². The number of nitrogens with zero attached hydrogens (tertiary/aromatic N) is 2. The molecule has 0 fully saturated rings. The minimum atomic E-state index is -3.29. The lowest BCUT2D eigenvalue weighted by Crippen LogP contribution is -2.36. The number of hydrogen-bond acceptors (Lipinski definition) is 3. The molecule has 0 radical (unpaired) electrons. The maximum absolute atomic E-state index is 12.3. The summed E-state index contributed by atoms with van der Waals surface area (Å²) in [5.74, 6) is 0.0802. The first kappa shape index (κ1) is 15.3. The van der Waals surface area contributed by atoms with Crippen molar-refractivity contribution in [3.05, 3.63) is 28.2 Å².